The molecule has 1 nitrogen and oxygen atoms in total. The average Bonchev–Trinajstić information content (AvgIpc) is 3.10. The highest BCUT2D eigenvalue weighted by Crippen LogP contribution is 2.41. The van der Waals surface area contributed by atoms with E-state index in [1.54, 1.807) is 21.9 Å². The lowest BCUT2D eigenvalue weighted by Gasteiger charge is -2.21. The van der Waals surface area contributed by atoms with Crippen LogP contribution < -0.4 is 5.32 Å². The molecule has 4 rings (SSSR count). The summed E-state index contributed by atoms with van der Waals surface area (Å²) < 4.78 is 0. The topological polar surface area (TPSA) is 12.0 Å². The van der Waals surface area contributed by atoms with Crippen molar-refractivity contribution < 1.29 is 0 Å². The first kappa shape index (κ1) is 18.3. The van der Waals surface area contributed by atoms with Crippen molar-refractivity contribution >= 4 is 28.1 Å². The van der Waals surface area contributed by atoms with Crippen LogP contribution in [0.4, 0.5) is 5.69 Å². The van der Waals surface area contributed by atoms with Crippen LogP contribution in [0.15, 0.2) is 36.4 Å². The Kier molecular flexibility index (Phi) is 5.56. The largest absolute Gasteiger partial charge is 0.385 e. The van der Waals surface area contributed by atoms with E-state index in [0.29, 0.717) is 17.1 Å². The molecule has 1 heterocycles. The van der Waals surface area contributed by atoms with Gasteiger partial charge in [0.15, 0.2) is 0 Å². The first-order valence-electron chi connectivity index (χ1n) is 9.94. The van der Waals surface area contributed by atoms with E-state index in [1.807, 2.05) is 0 Å². The number of anilines is 1. The fourth-order valence-corrected chi connectivity index (χ4v) is 5.52. The van der Waals surface area contributed by atoms with Crippen LogP contribution in [0.25, 0.3) is 0 Å². The Hall–Kier alpha value is -1.06. The minimum absolute atomic E-state index is 0.547. The summed E-state index contributed by atoms with van der Waals surface area (Å²) >= 11 is 4.43. The Bertz CT molecular complexity index is 786. The third-order valence-corrected chi connectivity index (χ3v) is 7.91. The number of fused-ring (bicyclic) bond motifs is 2. The number of hydrogen-bond acceptors (Lipinski definition) is 3. The minimum atomic E-state index is 0.547. The lowest BCUT2D eigenvalue weighted by molar-refractivity contribution is 0.672. The molecular weight excluding hydrogens is 354 g/mol. The summed E-state index contributed by atoms with van der Waals surface area (Å²) in [4.78, 5) is 0. The maximum absolute atomic E-state index is 4.43. The second-order valence-corrected chi connectivity index (χ2v) is 9.63. The number of hydrogen-bond donors (Lipinski definition) is 2. The zero-order chi connectivity index (χ0) is 18.1. The highest BCUT2D eigenvalue weighted by atomic mass is 33.1. The predicted molar refractivity (Wildman–Crippen MR) is 119 cm³/mol. The maximum Gasteiger partial charge on any atom is 0.0375 e. The Morgan fingerprint density at radius 2 is 2.00 bits per heavy atom. The van der Waals surface area contributed by atoms with Crippen LogP contribution in [0.2, 0.25) is 0 Å². The van der Waals surface area contributed by atoms with Gasteiger partial charge in [-0.3, -0.25) is 0 Å². The molecule has 0 saturated heterocycles. The Balaban J connectivity index is 1.49. The third-order valence-electron chi connectivity index (χ3n) is 6.25. The molecule has 0 radical (unpaired) electrons. The first-order chi connectivity index (χ1) is 12.7. The van der Waals surface area contributed by atoms with Crippen molar-refractivity contribution in [3.05, 3.63) is 64.2 Å². The molecule has 138 valence electrons. The molecule has 3 heteroatoms. The fraction of sp³-hybridized carbons (Fsp3) is 0.478. The summed E-state index contributed by atoms with van der Waals surface area (Å²) in [5, 5.41) is 4.16. The summed E-state index contributed by atoms with van der Waals surface area (Å²) in [6, 6.07) is 14.3. The van der Waals surface area contributed by atoms with E-state index in [4.69, 9.17) is 0 Å². The van der Waals surface area contributed by atoms with E-state index in [1.165, 1.54) is 48.1 Å². The lowest BCUT2D eigenvalue weighted by Crippen LogP contribution is -2.12. The van der Waals surface area contributed by atoms with Crippen molar-refractivity contribution in [3.63, 3.8) is 0 Å². The molecule has 1 aliphatic carbocycles. The molecule has 1 N–H and O–H groups in total. The van der Waals surface area contributed by atoms with Gasteiger partial charge in [-0.2, -0.15) is 0 Å². The average molecular weight is 384 g/mol. The highest BCUT2D eigenvalue weighted by molar-refractivity contribution is 8.68. The van der Waals surface area contributed by atoms with Gasteiger partial charge < -0.3 is 5.32 Å². The van der Waals surface area contributed by atoms with Crippen molar-refractivity contribution in [2.45, 2.75) is 63.0 Å². The van der Waals surface area contributed by atoms with Crippen LogP contribution >= 0.6 is 22.5 Å². The molecule has 0 spiro atoms. The van der Waals surface area contributed by atoms with Crippen LogP contribution in [0, 0.1) is 0 Å². The van der Waals surface area contributed by atoms with Gasteiger partial charge in [0.2, 0.25) is 0 Å². The molecule has 1 aliphatic heterocycles. The van der Waals surface area contributed by atoms with Crippen LogP contribution in [-0.2, 0) is 19.3 Å². The van der Waals surface area contributed by atoms with E-state index in [-0.39, 0.29) is 0 Å². The summed E-state index contributed by atoms with van der Waals surface area (Å²) in [6.07, 6.45) is 6.09. The van der Waals surface area contributed by atoms with Crippen LogP contribution in [0.5, 0.6) is 0 Å². The van der Waals surface area contributed by atoms with Gasteiger partial charge in [0.25, 0.3) is 0 Å². The van der Waals surface area contributed by atoms with Crippen LogP contribution in [0.3, 0.4) is 0 Å². The molecule has 2 aliphatic rings. The quantitative estimate of drug-likeness (QED) is 0.458. The number of benzene rings is 2. The molecule has 0 saturated carbocycles. The Morgan fingerprint density at radius 1 is 1.12 bits per heavy atom. The van der Waals surface area contributed by atoms with Crippen molar-refractivity contribution in [1.82, 2.24) is 0 Å². The van der Waals surface area contributed by atoms with Crippen molar-refractivity contribution in [3.8, 4) is 0 Å². The van der Waals surface area contributed by atoms with Gasteiger partial charge in [-0.05, 0) is 77.8 Å². The number of thiol groups is 1. The zero-order valence-corrected chi connectivity index (χ0v) is 17.5. The lowest BCUT2D eigenvalue weighted by atomic mass is 9.89. The zero-order valence-electron chi connectivity index (χ0n) is 15.8. The number of aryl methyl sites for hydroxylation is 2. The summed E-state index contributed by atoms with van der Waals surface area (Å²) in [7, 11) is 1.70. The van der Waals surface area contributed by atoms with Crippen molar-refractivity contribution in [1.29, 1.82) is 0 Å². The Morgan fingerprint density at radius 3 is 2.85 bits per heavy atom. The van der Waals surface area contributed by atoms with E-state index in [9.17, 15) is 0 Å². The van der Waals surface area contributed by atoms with E-state index >= 15 is 0 Å². The van der Waals surface area contributed by atoms with Gasteiger partial charge in [0.05, 0.1) is 0 Å². The standard InChI is InChI=1S/C23H29NS2/c1-15(19-7-6-18-4-3-11-24-23(18)14-19)12-17-5-9-22-20(13-17)8-10-21(22)16(2)26-25/h5-7,9,13-16,21,24-25H,3-4,8,10-12H2,1-2H3. The minimum Gasteiger partial charge on any atom is -0.385 e. The van der Waals surface area contributed by atoms with Crippen LogP contribution in [-0.4, -0.2) is 11.8 Å². The number of rotatable bonds is 5. The molecule has 3 unspecified atom stereocenters. The predicted octanol–water partition coefficient (Wildman–Crippen LogP) is 6.39. The normalized spacial score (nSPS) is 20.8. The molecule has 0 fully saturated rings. The summed E-state index contributed by atoms with van der Waals surface area (Å²) in [5.74, 6) is 1.22. The SMILES string of the molecule is CC(Cc1ccc2c(c1)CCC2C(C)SS)c1ccc2c(c1)NCCC2. The molecule has 2 aromatic carbocycles. The second kappa shape index (κ2) is 7.90. The molecule has 0 aromatic heterocycles. The Labute approximate surface area is 167 Å². The maximum atomic E-state index is 4.43. The van der Waals surface area contributed by atoms with Crippen LogP contribution in [0.1, 0.15) is 66.3 Å². The summed E-state index contributed by atoms with van der Waals surface area (Å²) in [6.45, 7) is 5.78. The van der Waals surface area contributed by atoms with Gasteiger partial charge in [-0.15, -0.1) is 11.7 Å². The highest BCUT2D eigenvalue weighted by Gasteiger charge is 2.27. The molecule has 0 bridgehead atoms. The molecule has 3 atom stereocenters. The molecular formula is C23H29NS2. The fourth-order valence-electron chi connectivity index (χ4n) is 4.65. The van der Waals surface area contributed by atoms with Crippen molar-refractivity contribution in [2.75, 3.05) is 11.9 Å². The monoisotopic (exact) mass is 383 g/mol. The summed E-state index contributed by atoms with van der Waals surface area (Å²) in [5.41, 5.74) is 8.91. The van der Waals surface area contributed by atoms with Gasteiger partial charge in [-0.25, -0.2) is 0 Å². The van der Waals surface area contributed by atoms with Gasteiger partial charge >= 0.3 is 0 Å². The third kappa shape index (κ3) is 3.66. The second-order valence-electron chi connectivity index (χ2n) is 8.04. The molecule has 26 heavy (non-hydrogen) atoms. The number of nitrogens with one attached hydrogen (secondary N) is 1. The smallest absolute Gasteiger partial charge is 0.0375 e. The van der Waals surface area contributed by atoms with Crippen molar-refractivity contribution in [2.24, 2.45) is 0 Å². The van der Waals surface area contributed by atoms with Gasteiger partial charge in [-0.1, -0.05) is 55.0 Å². The molecule has 2 aromatic rings. The van der Waals surface area contributed by atoms with Gasteiger partial charge in [0.1, 0.15) is 0 Å². The first-order valence-corrected chi connectivity index (χ1v) is 11.9. The van der Waals surface area contributed by atoms with E-state index < -0.39 is 0 Å². The molecule has 0 amide bonds. The van der Waals surface area contributed by atoms with E-state index in [2.05, 4.69) is 67.2 Å². The van der Waals surface area contributed by atoms with E-state index in [0.717, 1.165) is 13.0 Å². The van der Waals surface area contributed by atoms with Gasteiger partial charge in [0, 0.05) is 17.5 Å².